The number of fused-ring (bicyclic) bond motifs is 1. The van der Waals surface area contributed by atoms with Gasteiger partial charge in [0, 0.05) is 29.1 Å². The topological polar surface area (TPSA) is 29.0 Å². The maximum atomic E-state index is 6.01. The molecule has 1 aliphatic rings. The lowest BCUT2D eigenvalue weighted by Crippen LogP contribution is -2.35. The molecule has 0 saturated carbocycles. The fraction of sp³-hybridized carbons (Fsp3) is 0.300. The number of halogens is 1. The van der Waals surface area contributed by atoms with Gasteiger partial charge in [-0.1, -0.05) is 30.7 Å². The van der Waals surface area contributed by atoms with Crippen LogP contribution in [0.5, 0.6) is 0 Å². The average molecular weight is 338 g/mol. The van der Waals surface area contributed by atoms with Crippen molar-refractivity contribution in [1.29, 1.82) is 0 Å². The van der Waals surface area contributed by atoms with Gasteiger partial charge in [-0.15, -0.1) is 0 Å². The van der Waals surface area contributed by atoms with E-state index in [2.05, 4.69) is 30.0 Å². The van der Waals surface area contributed by atoms with E-state index >= 15 is 0 Å². The molecule has 2 heterocycles. The highest BCUT2D eigenvalue weighted by Crippen LogP contribution is 2.30. The molecule has 0 radical (unpaired) electrons. The number of para-hydroxylation sites is 1. The average Bonchev–Trinajstić information content (AvgIpc) is 2.61. The molecule has 1 aromatic heterocycles. The summed E-state index contributed by atoms with van der Waals surface area (Å²) in [6.07, 6.45) is 2.51. The van der Waals surface area contributed by atoms with Gasteiger partial charge in [0.05, 0.1) is 5.52 Å². The number of benzene rings is 2. The number of piperidine rings is 1. The van der Waals surface area contributed by atoms with Crippen LogP contribution in [0.15, 0.2) is 48.5 Å². The van der Waals surface area contributed by atoms with Crippen LogP contribution in [-0.2, 0) is 0 Å². The van der Waals surface area contributed by atoms with Crippen LogP contribution < -0.4 is 4.90 Å². The number of aromatic nitrogens is 2. The molecule has 1 saturated heterocycles. The SMILES string of the molecule is C[C@H]1CCCN(c2nc(-c3ccc(Cl)cc3)nc3ccccc23)C1. The van der Waals surface area contributed by atoms with E-state index in [0.29, 0.717) is 5.92 Å². The minimum Gasteiger partial charge on any atom is -0.356 e. The van der Waals surface area contributed by atoms with Gasteiger partial charge in [-0.05, 0) is 55.2 Å². The molecule has 0 N–H and O–H groups in total. The van der Waals surface area contributed by atoms with Crippen molar-refractivity contribution in [3.63, 3.8) is 0 Å². The van der Waals surface area contributed by atoms with Crippen molar-refractivity contribution >= 4 is 28.3 Å². The number of hydrogen-bond acceptors (Lipinski definition) is 3. The van der Waals surface area contributed by atoms with Gasteiger partial charge >= 0.3 is 0 Å². The van der Waals surface area contributed by atoms with Crippen LogP contribution in [0, 0.1) is 5.92 Å². The second-order valence-electron chi connectivity index (χ2n) is 6.59. The molecule has 1 atom stereocenters. The summed E-state index contributed by atoms with van der Waals surface area (Å²) in [5.41, 5.74) is 1.99. The first kappa shape index (κ1) is 15.4. The van der Waals surface area contributed by atoms with Crippen LogP contribution in [0.4, 0.5) is 5.82 Å². The maximum Gasteiger partial charge on any atom is 0.162 e. The molecule has 0 aliphatic carbocycles. The molecule has 1 aliphatic heterocycles. The number of hydrogen-bond donors (Lipinski definition) is 0. The van der Waals surface area contributed by atoms with Crippen molar-refractivity contribution in [2.45, 2.75) is 19.8 Å². The van der Waals surface area contributed by atoms with Gasteiger partial charge in [0.2, 0.25) is 0 Å². The molecule has 3 nitrogen and oxygen atoms in total. The zero-order valence-corrected chi connectivity index (χ0v) is 14.5. The lowest BCUT2D eigenvalue weighted by molar-refractivity contribution is 0.445. The summed E-state index contributed by atoms with van der Waals surface area (Å²) in [4.78, 5) is 12.1. The standard InChI is InChI=1S/C20H20ClN3/c1-14-5-4-12-24(13-14)20-17-6-2-3-7-18(17)22-19(23-20)15-8-10-16(21)11-9-15/h2-3,6-11,14H,4-5,12-13H2,1H3/t14-/m0/s1. The minimum atomic E-state index is 0.700. The zero-order chi connectivity index (χ0) is 16.5. The Bertz CT molecular complexity index is 860. The molecule has 3 aromatic rings. The molecule has 0 bridgehead atoms. The van der Waals surface area contributed by atoms with Crippen LogP contribution in [-0.4, -0.2) is 23.1 Å². The molecule has 4 heteroatoms. The predicted octanol–water partition coefficient (Wildman–Crippen LogP) is 5.19. The summed E-state index contributed by atoms with van der Waals surface area (Å²) in [5.74, 6) is 2.52. The third kappa shape index (κ3) is 2.96. The molecular weight excluding hydrogens is 318 g/mol. The molecule has 0 spiro atoms. The monoisotopic (exact) mass is 337 g/mol. The van der Waals surface area contributed by atoms with Crippen LogP contribution in [0.25, 0.3) is 22.3 Å². The molecular formula is C20H20ClN3. The molecule has 1 fully saturated rings. The van der Waals surface area contributed by atoms with Gasteiger partial charge in [-0.25, -0.2) is 9.97 Å². The third-order valence-corrected chi connectivity index (χ3v) is 4.89. The van der Waals surface area contributed by atoms with Gasteiger partial charge in [0.15, 0.2) is 5.82 Å². The van der Waals surface area contributed by atoms with E-state index in [4.69, 9.17) is 21.6 Å². The summed E-state index contributed by atoms with van der Waals surface area (Å²) >= 11 is 6.01. The van der Waals surface area contributed by atoms with Crippen LogP contribution >= 0.6 is 11.6 Å². The Morgan fingerprint density at radius 3 is 2.62 bits per heavy atom. The number of rotatable bonds is 2. The Balaban J connectivity index is 1.86. The summed E-state index contributed by atoms with van der Waals surface area (Å²) in [5, 5.41) is 1.86. The number of nitrogens with zero attached hydrogens (tertiary/aromatic N) is 3. The first-order chi connectivity index (χ1) is 11.7. The quantitative estimate of drug-likeness (QED) is 0.644. The summed E-state index contributed by atoms with van der Waals surface area (Å²) in [6, 6.07) is 16.0. The van der Waals surface area contributed by atoms with E-state index in [9.17, 15) is 0 Å². The van der Waals surface area contributed by atoms with Crippen LogP contribution in [0.2, 0.25) is 5.02 Å². The largest absolute Gasteiger partial charge is 0.356 e. The molecule has 0 unspecified atom stereocenters. The molecule has 0 amide bonds. The lowest BCUT2D eigenvalue weighted by Gasteiger charge is -2.32. The van der Waals surface area contributed by atoms with E-state index in [1.54, 1.807) is 0 Å². The Labute approximate surface area is 147 Å². The lowest BCUT2D eigenvalue weighted by atomic mass is 10.00. The normalized spacial score (nSPS) is 18.1. The van der Waals surface area contributed by atoms with Crippen molar-refractivity contribution in [3.05, 3.63) is 53.6 Å². The summed E-state index contributed by atoms with van der Waals surface area (Å²) in [7, 11) is 0. The Kier molecular flexibility index (Phi) is 4.11. The molecule has 4 rings (SSSR count). The van der Waals surface area contributed by atoms with Gasteiger partial charge < -0.3 is 4.90 Å². The molecule has 2 aromatic carbocycles. The van der Waals surface area contributed by atoms with Crippen molar-refractivity contribution in [2.75, 3.05) is 18.0 Å². The first-order valence-corrected chi connectivity index (χ1v) is 8.86. The highest BCUT2D eigenvalue weighted by Gasteiger charge is 2.20. The predicted molar refractivity (Wildman–Crippen MR) is 101 cm³/mol. The van der Waals surface area contributed by atoms with E-state index in [0.717, 1.165) is 46.2 Å². The van der Waals surface area contributed by atoms with Gasteiger partial charge in [-0.2, -0.15) is 0 Å². The van der Waals surface area contributed by atoms with E-state index in [1.807, 2.05) is 30.3 Å². The second kappa shape index (κ2) is 6.40. The minimum absolute atomic E-state index is 0.700. The van der Waals surface area contributed by atoms with Gasteiger partial charge in [-0.3, -0.25) is 0 Å². The first-order valence-electron chi connectivity index (χ1n) is 8.48. The van der Waals surface area contributed by atoms with Crippen LogP contribution in [0.1, 0.15) is 19.8 Å². The van der Waals surface area contributed by atoms with E-state index in [-0.39, 0.29) is 0 Å². The third-order valence-electron chi connectivity index (χ3n) is 4.64. The summed E-state index contributed by atoms with van der Waals surface area (Å²) < 4.78 is 0. The zero-order valence-electron chi connectivity index (χ0n) is 13.7. The van der Waals surface area contributed by atoms with Crippen molar-refractivity contribution in [3.8, 4) is 11.4 Å². The molecule has 122 valence electrons. The van der Waals surface area contributed by atoms with Crippen molar-refractivity contribution < 1.29 is 0 Å². The van der Waals surface area contributed by atoms with E-state index < -0.39 is 0 Å². The summed E-state index contributed by atoms with van der Waals surface area (Å²) in [6.45, 7) is 4.43. The Morgan fingerprint density at radius 2 is 1.83 bits per heavy atom. The van der Waals surface area contributed by atoms with Gasteiger partial charge in [0.1, 0.15) is 5.82 Å². The Hall–Kier alpha value is -2.13. The van der Waals surface area contributed by atoms with Crippen molar-refractivity contribution in [2.24, 2.45) is 5.92 Å². The fourth-order valence-corrected chi connectivity index (χ4v) is 3.54. The number of anilines is 1. The highest BCUT2D eigenvalue weighted by molar-refractivity contribution is 6.30. The van der Waals surface area contributed by atoms with Crippen molar-refractivity contribution in [1.82, 2.24) is 9.97 Å². The Morgan fingerprint density at radius 1 is 1.04 bits per heavy atom. The fourth-order valence-electron chi connectivity index (χ4n) is 3.41. The smallest absolute Gasteiger partial charge is 0.162 e. The maximum absolute atomic E-state index is 6.01. The van der Waals surface area contributed by atoms with E-state index in [1.165, 1.54) is 12.8 Å². The highest BCUT2D eigenvalue weighted by atomic mass is 35.5. The van der Waals surface area contributed by atoms with Crippen LogP contribution in [0.3, 0.4) is 0 Å². The van der Waals surface area contributed by atoms with Gasteiger partial charge in [0.25, 0.3) is 0 Å². The molecule has 24 heavy (non-hydrogen) atoms. The second-order valence-corrected chi connectivity index (χ2v) is 7.02.